The molecule has 4 N–H and O–H groups in total. The molecule has 4 nitrogen and oxygen atoms in total. The Hall–Kier alpha value is -2.56. The third kappa shape index (κ3) is 2.00. The molecule has 0 atom stereocenters. The molecule has 0 aliphatic heterocycles. The Bertz CT molecular complexity index is 960. The lowest BCUT2D eigenvalue weighted by Crippen LogP contribution is -2.29. The topological polar surface area (TPSA) is 71.4 Å². The molecule has 2 aromatic rings. The van der Waals surface area contributed by atoms with E-state index < -0.39 is 0 Å². The summed E-state index contributed by atoms with van der Waals surface area (Å²) in [5.74, 6) is 0. The van der Waals surface area contributed by atoms with Crippen LogP contribution in [0, 0.1) is 0 Å². The third-order valence-corrected chi connectivity index (χ3v) is 4.57. The van der Waals surface area contributed by atoms with Crippen LogP contribution in [0.1, 0.15) is 12.1 Å². The average molecular weight is 306 g/mol. The van der Waals surface area contributed by atoms with Crippen LogP contribution < -0.4 is 16.3 Å². The van der Waals surface area contributed by atoms with Crippen molar-refractivity contribution >= 4 is 17.3 Å². The zero-order valence-corrected chi connectivity index (χ0v) is 12.7. The van der Waals surface area contributed by atoms with Crippen molar-refractivity contribution in [1.82, 2.24) is 4.57 Å². The van der Waals surface area contributed by atoms with Crippen LogP contribution in [0.2, 0.25) is 0 Å². The minimum atomic E-state index is -0.151. The SMILES string of the molecule is Nc1ccc(-c2c(CO)n(CO)c3c2=CC2=CC=CCC=32)cc1. The lowest BCUT2D eigenvalue weighted by Gasteiger charge is -2.11. The first-order valence-electron chi connectivity index (χ1n) is 7.65. The first-order valence-corrected chi connectivity index (χ1v) is 7.65. The minimum Gasteiger partial charge on any atom is -0.399 e. The Morgan fingerprint density at radius 1 is 1.13 bits per heavy atom. The normalized spacial score (nSPS) is 15.2. The summed E-state index contributed by atoms with van der Waals surface area (Å²) < 4.78 is 1.81. The molecular formula is C19H18N2O2. The second-order valence-corrected chi connectivity index (χ2v) is 5.81. The molecule has 0 radical (unpaired) electrons. The van der Waals surface area contributed by atoms with Crippen molar-refractivity contribution in [3.63, 3.8) is 0 Å². The van der Waals surface area contributed by atoms with Crippen LogP contribution in [0.4, 0.5) is 5.69 Å². The van der Waals surface area contributed by atoms with E-state index in [1.54, 1.807) is 0 Å². The van der Waals surface area contributed by atoms with E-state index >= 15 is 0 Å². The Kier molecular flexibility index (Phi) is 3.22. The van der Waals surface area contributed by atoms with Gasteiger partial charge in [0.15, 0.2) is 0 Å². The number of allylic oxidation sites excluding steroid dienone is 4. The Morgan fingerprint density at radius 3 is 2.61 bits per heavy atom. The first-order chi connectivity index (χ1) is 11.2. The van der Waals surface area contributed by atoms with Crippen LogP contribution in [0.25, 0.3) is 22.8 Å². The summed E-state index contributed by atoms with van der Waals surface area (Å²) >= 11 is 0. The molecule has 2 aliphatic rings. The fourth-order valence-electron chi connectivity index (χ4n) is 3.55. The van der Waals surface area contributed by atoms with E-state index in [-0.39, 0.29) is 13.3 Å². The van der Waals surface area contributed by atoms with Gasteiger partial charge < -0.3 is 20.5 Å². The van der Waals surface area contributed by atoms with Crippen molar-refractivity contribution in [2.75, 3.05) is 5.73 Å². The number of anilines is 1. The molecule has 23 heavy (non-hydrogen) atoms. The average Bonchev–Trinajstić information content (AvgIpc) is 3.09. The van der Waals surface area contributed by atoms with E-state index in [0.717, 1.165) is 33.8 Å². The van der Waals surface area contributed by atoms with E-state index in [9.17, 15) is 10.2 Å². The van der Waals surface area contributed by atoms with E-state index in [4.69, 9.17) is 5.73 Å². The minimum absolute atomic E-state index is 0.122. The molecule has 4 heteroatoms. The number of nitrogens with zero attached hydrogens (tertiary/aromatic N) is 1. The van der Waals surface area contributed by atoms with Gasteiger partial charge in [0.25, 0.3) is 0 Å². The van der Waals surface area contributed by atoms with E-state index in [0.29, 0.717) is 5.69 Å². The van der Waals surface area contributed by atoms with Crippen molar-refractivity contribution in [2.24, 2.45) is 0 Å². The highest BCUT2D eigenvalue weighted by molar-refractivity contribution is 5.87. The molecule has 0 saturated carbocycles. The van der Waals surface area contributed by atoms with Gasteiger partial charge in [-0.3, -0.25) is 0 Å². The monoisotopic (exact) mass is 306 g/mol. The summed E-state index contributed by atoms with van der Waals surface area (Å²) in [6, 6.07) is 7.63. The van der Waals surface area contributed by atoms with Gasteiger partial charge in [0.1, 0.15) is 6.73 Å². The van der Waals surface area contributed by atoms with Crippen LogP contribution in [0.5, 0.6) is 0 Å². The largest absolute Gasteiger partial charge is 0.399 e. The molecule has 0 fully saturated rings. The van der Waals surface area contributed by atoms with Crippen LogP contribution in [0.3, 0.4) is 0 Å². The molecule has 0 saturated heterocycles. The van der Waals surface area contributed by atoms with E-state index in [1.807, 2.05) is 28.8 Å². The van der Waals surface area contributed by atoms with Crippen LogP contribution in [0.15, 0.2) is 48.1 Å². The molecule has 0 unspecified atom stereocenters. The fourth-order valence-corrected chi connectivity index (χ4v) is 3.55. The number of aliphatic hydroxyl groups is 2. The lowest BCUT2D eigenvalue weighted by atomic mass is 10.0. The molecule has 1 aromatic carbocycles. The quantitative estimate of drug-likeness (QED) is 0.741. The highest BCUT2D eigenvalue weighted by Gasteiger charge is 2.23. The molecule has 4 rings (SSSR count). The van der Waals surface area contributed by atoms with E-state index in [2.05, 4.69) is 24.3 Å². The summed E-state index contributed by atoms with van der Waals surface area (Å²) in [7, 11) is 0. The maximum atomic E-state index is 9.89. The predicted octanol–water partition coefficient (Wildman–Crippen LogP) is 1.01. The van der Waals surface area contributed by atoms with Gasteiger partial charge in [0, 0.05) is 16.5 Å². The summed E-state index contributed by atoms with van der Waals surface area (Å²) in [5.41, 5.74) is 11.6. The molecule has 1 aromatic heterocycles. The number of nitrogen functional groups attached to an aromatic ring is 1. The fraction of sp³-hybridized carbons (Fsp3) is 0.158. The molecule has 0 amide bonds. The summed E-state index contributed by atoms with van der Waals surface area (Å²) in [5, 5.41) is 21.8. The first kappa shape index (κ1) is 14.1. The predicted molar refractivity (Wildman–Crippen MR) is 91.4 cm³/mol. The van der Waals surface area contributed by atoms with Gasteiger partial charge in [0.05, 0.1) is 17.6 Å². The van der Waals surface area contributed by atoms with Crippen LogP contribution >= 0.6 is 0 Å². The molecule has 116 valence electrons. The maximum Gasteiger partial charge on any atom is 0.120 e. The van der Waals surface area contributed by atoms with Crippen molar-refractivity contribution < 1.29 is 10.2 Å². The summed E-state index contributed by atoms with van der Waals surface area (Å²) in [6.45, 7) is -0.273. The maximum absolute atomic E-state index is 9.89. The third-order valence-electron chi connectivity index (χ3n) is 4.57. The molecule has 2 aliphatic carbocycles. The number of benzene rings is 1. The van der Waals surface area contributed by atoms with Gasteiger partial charge in [-0.2, -0.15) is 0 Å². The van der Waals surface area contributed by atoms with Crippen molar-refractivity contribution in [2.45, 2.75) is 19.8 Å². The number of aliphatic hydroxyl groups excluding tert-OH is 2. The van der Waals surface area contributed by atoms with Gasteiger partial charge in [-0.05, 0) is 41.3 Å². The van der Waals surface area contributed by atoms with Crippen LogP contribution in [-0.2, 0) is 13.3 Å². The zero-order chi connectivity index (χ0) is 16.0. The lowest BCUT2D eigenvalue weighted by molar-refractivity contribution is 0.190. The van der Waals surface area contributed by atoms with E-state index in [1.165, 1.54) is 11.1 Å². The molecular weight excluding hydrogens is 288 g/mol. The molecule has 0 bridgehead atoms. The van der Waals surface area contributed by atoms with Crippen molar-refractivity contribution in [3.8, 4) is 11.1 Å². The van der Waals surface area contributed by atoms with Crippen molar-refractivity contribution in [3.05, 3.63) is 64.3 Å². The van der Waals surface area contributed by atoms with Gasteiger partial charge in [0.2, 0.25) is 0 Å². The van der Waals surface area contributed by atoms with Crippen molar-refractivity contribution in [1.29, 1.82) is 0 Å². The number of hydrogen-bond donors (Lipinski definition) is 3. The molecule has 0 spiro atoms. The molecule has 1 heterocycles. The van der Waals surface area contributed by atoms with Gasteiger partial charge in [-0.1, -0.05) is 30.4 Å². The van der Waals surface area contributed by atoms with Crippen LogP contribution in [-0.4, -0.2) is 14.8 Å². The number of fused-ring (bicyclic) bond motifs is 2. The highest BCUT2D eigenvalue weighted by Crippen LogP contribution is 2.28. The summed E-state index contributed by atoms with van der Waals surface area (Å²) in [6.07, 6.45) is 9.24. The second kappa shape index (κ2) is 5.26. The summed E-state index contributed by atoms with van der Waals surface area (Å²) in [4.78, 5) is 0. The number of hydrogen-bond acceptors (Lipinski definition) is 3. The highest BCUT2D eigenvalue weighted by atomic mass is 16.3. The second-order valence-electron chi connectivity index (χ2n) is 5.81. The number of nitrogens with two attached hydrogens (primary N) is 1. The zero-order valence-electron chi connectivity index (χ0n) is 12.7. The van der Waals surface area contributed by atoms with Gasteiger partial charge >= 0.3 is 0 Å². The smallest absolute Gasteiger partial charge is 0.120 e. The van der Waals surface area contributed by atoms with Gasteiger partial charge in [-0.25, -0.2) is 0 Å². The standard InChI is InChI=1S/C19H18N2O2/c20-14-7-5-12(6-8-14)18-16-9-13-3-1-2-4-15(13)19(16)21(11-23)17(18)10-22/h1-3,5-9,22-23H,4,10-11,20H2. The number of aromatic nitrogens is 1. The Balaban J connectivity index is 2.10. The Morgan fingerprint density at radius 2 is 1.91 bits per heavy atom. The number of rotatable bonds is 3. The Labute approximate surface area is 133 Å². The van der Waals surface area contributed by atoms with Gasteiger partial charge in [-0.15, -0.1) is 0 Å².